The van der Waals surface area contributed by atoms with Gasteiger partial charge < -0.3 is 15.5 Å². The average molecular weight is 241 g/mol. The van der Waals surface area contributed by atoms with Crippen LogP contribution in [0.5, 0.6) is 0 Å². The molecule has 0 aliphatic heterocycles. The monoisotopic (exact) mass is 241 g/mol. The number of carboxylic acids is 1. The smallest absolute Gasteiger partial charge is 0.331 e. The van der Waals surface area contributed by atoms with Crippen molar-refractivity contribution in [2.45, 2.75) is 32.6 Å². The van der Waals surface area contributed by atoms with Crippen molar-refractivity contribution in [2.24, 2.45) is 11.8 Å². The van der Waals surface area contributed by atoms with Crippen molar-refractivity contribution >= 4 is 5.97 Å². The van der Waals surface area contributed by atoms with E-state index in [4.69, 9.17) is 5.11 Å². The molecule has 0 aromatic heterocycles. The van der Waals surface area contributed by atoms with Gasteiger partial charge in [-0.05, 0) is 37.6 Å². The van der Waals surface area contributed by atoms with Crippen LogP contribution in [0.15, 0.2) is 11.6 Å². The second-order valence-electron chi connectivity index (χ2n) is 4.68. The molecular formula is C13H23NO3. The number of hydrogen-bond acceptors (Lipinski definition) is 3. The van der Waals surface area contributed by atoms with E-state index < -0.39 is 5.97 Å². The fourth-order valence-corrected chi connectivity index (χ4v) is 2.47. The van der Waals surface area contributed by atoms with Crippen molar-refractivity contribution in [3.8, 4) is 0 Å². The van der Waals surface area contributed by atoms with Crippen LogP contribution >= 0.6 is 0 Å². The first-order valence-corrected chi connectivity index (χ1v) is 6.42. The van der Waals surface area contributed by atoms with Crippen LogP contribution in [0.2, 0.25) is 0 Å². The molecule has 1 rings (SSSR count). The highest BCUT2D eigenvalue weighted by atomic mass is 16.4. The second kappa shape index (κ2) is 7.45. The van der Waals surface area contributed by atoms with E-state index in [1.807, 2.05) is 6.92 Å². The fourth-order valence-electron chi connectivity index (χ4n) is 2.47. The summed E-state index contributed by atoms with van der Waals surface area (Å²) < 4.78 is 0. The lowest BCUT2D eigenvalue weighted by Crippen LogP contribution is -2.27. The Hall–Kier alpha value is -0.870. The zero-order chi connectivity index (χ0) is 12.7. The Morgan fingerprint density at radius 3 is 2.71 bits per heavy atom. The van der Waals surface area contributed by atoms with Gasteiger partial charge >= 0.3 is 5.97 Å². The van der Waals surface area contributed by atoms with Crippen LogP contribution < -0.4 is 5.32 Å². The van der Waals surface area contributed by atoms with Gasteiger partial charge in [-0.3, -0.25) is 0 Å². The molecule has 0 heterocycles. The highest BCUT2D eigenvalue weighted by molar-refractivity contribution is 5.86. The van der Waals surface area contributed by atoms with E-state index in [2.05, 4.69) is 5.32 Å². The summed E-state index contributed by atoms with van der Waals surface area (Å²) in [6.45, 7) is 3.60. The first-order valence-electron chi connectivity index (χ1n) is 6.42. The summed E-state index contributed by atoms with van der Waals surface area (Å²) in [5.41, 5.74) is 0.461. The number of rotatable bonds is 7. The number of nitrogens with one attached hydrogen (secondary N) is 1. The third-order valence-corrected chi connectivity index (χ3v) is 3.61. The van der Waals surface area contributed by atoms with Gasteiger partial charge in [0, 0.05) is 18.7 Å². The summed E-state index contributed by atoms with van der Waals surface area (Å²) in [5, 5.41) is 21.3. The zero-order valence-corrected chi connectivity index (χ0v) is 10.5. The number of aliphatic hydroxyl groups excluding tert-OH is 1. The fraction of sp³-hybridized carbons (Fsp3) is 0.769. The van der Waals surface area contributed by atoms with E-state index in [9.17, 15) is 9.90 Å². The van der Waals surface area contributed by atoms with Crippen LogP contribution in [-0.2, 0) is 4.79 Å². The van der Waals surface area contributed by atoms with Crippen LogP contribution in [0.3, 0.4) is 0 Å². The number of aliphatic carboxylic acids is 1. The maximum absolute atomic E-state index is 10.8. The number of hydrogen-bond donors (Lipinski definition) is 3. The van der Waals surface area contributed by atoms with Crippen LogP contribution in [0.1, 0.15) is 32.6 Å². The first-order chi connectivity index (χ1) is 8.19. The van der Waals surface area contributed by atoms with E-state index >= 15 is 0 Å². The van der Waals surface area contributed by atoms with Crippen molar-refractivity contribution in [1.82, 2.24) is 5.32 Å². The van der Waals surface area contributed by atoms with Gasteiger partial charge in [-0.1, -0.05) is 19.4 Å². The van der Waals surface area contributed by atoms with Crippen LogP contribution in [-0.4, -0.2) is 35.9 Å². The second-order valence-corrected chi connectivity index (χ2v) is 4.68. The average Bonchev–Trinajstić information content (AvgIpc) is 2.76. The summed E-state index contributed by atoms with van der Waals surface area (Å²) in [6, 6.07) is 0. The summed E-state index contributed by atoms with van der Waals surface area (Å²) in [5.74, 6) is 0.142. The summed E-state index contributed by atoms with van der Waals surface area (Å²) in [4.78, 5) is 10.8. The third-order valence-electron chi connectivity index (χ3n) is 3.61. The van der Waals surface area contributed by atoms with Gasteiger partial charge in [0.05, 0.1) is 0 Å². The molecule has 0 aromatic carbocycles. The first kappa shape index (κ1) is 14.2. The summed E-state index contributed by atoms with van der Waals surface area (Å²) >= 11 is 0. The van der Waals surface area contributed by atoms with Crippen LogP contribution in [0.25, 0.3) is 0 Å². The molecule has 4 heteroatoms. The van der Waals surface area contributed by atoms with Gasteiger partial charge in [0.1, 0.15) is 0 Å². The van der Waals surface area contributed by atoms with Crippen molar-refractivity contribution in [3.05, 3.63) is 11.6 Å². The molecule has 1 fully saturated rings. The number of carbonyl (C=O) groups is 1. The lowest BCUT2D eigenvalue weighted by Gasteiger charge is -2.17. The quantitative estimate of drug-likeness (QED) is 0.465. The Labute approximate surface area is 103 Å². The molecule has 17 heavy (non-hydrogen) atoms. The molecule has 0 aromatic rings. The molecule has 0 bridgehead atoms. The third kappa shape index (κ3) is 4.48. The molecule has 2 unspecified atom stereocenters. The number of carboxylic acid groups (broad SMARTS) is 1. The maximum Gasteiger partial charge on any atom is 0.331 e. The predicted molar refractivity (Wildman–Crippen MR) is 66.8 cm³/mol. The highest BCUT2D eigenvalue weighted by Gasteiger charge is 2.25. The van der Waals surface area contributed by atoms with Crippen LogP contribution in [0, 0.1) is 11.8 Å². The van der Waals surface area contributed by atoms with E-state index in [0.29, 0.717) is 30.4 Å². The lowest BCUT2D eigenvalue weighted by molar-refractivity contribution is -0.132. The standard InChI is InChI=1S/C13H23NO3/c1-2-10(13(16)17)6-7-14-8-11-4-3-5-12(11)9-15/h6,11-12,14-15H,2-5,7-9H2,1H3,(H,16,17). The topological polar surface area (TPSA) is 69.6 Å². The van der Waals surface area contributed by atoms with Gasteiger partial charge in [0.25, 0.3) is 0 Å². The van der Waals surface area contributed by atoms with Gasteiger partial charge in [-0.15, -0.1) is 0 Å². The minimum atomic E-state index is -0.830. The molecule has 3 N–H and O–H groups in total. The Kier molecular flexibility index (Phi) is 6.22. The summed E-state index contributed by atoms with van der Waals surface area (Å²) in [7, 11) is 0. The number of aliphatic hydroxyl groups is 1. The van der Waals surface area contributed by atoms with Gasteiger partial charge in [-0.2, -0.15) is 0 Å². The molecule has 1 saturated carbocycles. The highest BCUT2D eigenvalue weighted by Crippen LogP contribution is 2.30. The molecule has 0 spiro atoms. The Morgan fingerprint density at radius 1 is 1.41 bits per heavy atom. The van der Waals surface area contributed by atoms with Gasteiger partial charge in [0.15, 0.2) is 0 Å². The van der Waals surface area contributed by atoms with E-state index in [-0.39, 0.29) is 6.61 Å². The molecular weight excluding hydrogens is 218 g/mol. The minimum Gasteiger partial charge on any atom is -0.478 e. The minimum absolute atomic E-state index is 0.275. The van der Waals surface area contributed by atoms with Gasteiger partial charge in [0.2, 0.25) is 0 Å². The Bertz CT molecular complexity index is 276. The molecule has 4 nitrogen and oxygen atoms in total. The molecule has 0 saturated heterocycles. The molecule has 1 aliphatic carbocycles. The van der Waals surface area contributed by atoms with Crippen molar-refractivity contribution in [2.75, 3.05) is 19.7 Å². The van der Waals surface area contributed by atoms with Crippen molar-refractivity contribution in [1.29, 1.82) is 0 Å². The summed E-state index contributed by atoms with van der Waals surface area (Å²) in [6.07, 6.45) is 5.78. The largest absolute Gasteiger partial charge is 0.478 e. The molecule has 0 radical (unpaired) electrons. The van der Waals surface area contributed by atoms with Crippen molar-refractivity contribution in [3.63, 3.8) is 0 Å². The lowest BCUT2D eigenvalue weighted by atomic mass is 9.97. The van der Waals surface area contributed by atoms with E-state index in [1.54, 1.807) is 6.08 Å². The normalized spacial score (nSPS) is 25.2. The van der Waals surface area contributed by atoms with Gasteiger partial charge in [-0.25, -0.2) is 4.79 Å². The van der Waals surface area contributed by atoms with E-state index in [1.165, 1.54) is 12.8 Å². The predicted octanol–water partition coefficient (Wildman–Crippen LogP) is 1.41. The van der Waals surface area contributed by atoms with E-state index in [0.717, 1.165) is 13.0 Å². The molecule has 98 valence electrons. The Balaban J connectivity index is 2.25. The SMILES string of the molecule is CCC(=CCNCC1CCCC1CO)C(=O)O. The molecule has 2 atom stereocenters. The maximum atomic E-state index is 10.8. The van der Waals surface area contributed by atoms with Crippen LogP contribution in [0.4, 0.5) is 0 Å². The molecule has 0 amide bonds. The zero-order valence-electron chi connectivity index (χ0n) is 10.5. The Morgan fingerprint density at radius 2 is 2.12 bits per heavy atom. The van der Waals surface area contributed by atoms with Crippen molar-refractivity contribution < 1.29 is 15.0 Å². The molecule has 1 aliphatic rings.